The molecule has 0 saturated carbocycles. The molecule has 2 aliphatic heterocycles. The van der Waals surface area contributed by atoms with Crippen LogP contribution >= 0.6 is 0 Å². The maximum absolute atomic E-state index is 2.71. The molecular formula is C110H75BN4. The van der Waals surface area contributed by atoms with Gasteiger partial charge in [-0.2, -0.15) is 0 Å². The number of nitrogens with zero attached hydrogens (tertiary/aromatic N) is 4. The van der Waals surface area contributed by atoms with Gasteiger partial charge >= 0.3 is 0 Å². The molecule has 23 rings (SSSR count). The molecule has 538 valence electrons. The molecule has 0 fully saturated rings. The lowest BCUT2D eigenvalue weighted by atomic mass is 9.33. The average Bonchev–Trinajstić information content (AvgIpc) is 0.959. The normalized spacial score (nSPS) is 12.6. The standard InChI is InChI=1S/C110H75BN4/c1-110(2,3)84-66-103-107-104(67-84)115(109-91(74-32-12-6-13-33-74)44-25-45-92(109)75-34-14-7-15-35-75)102-69-86(113-98-59-53-83(81-49-47-71-27-17-19-39-79(71)63-81)65-94(98)106-88-41-23-21-37-77(88)51-61-100(106)113)55-57-96(102)111(107)95-56-54-85(68-101(95)114(103)108-89(72-28-8-4-9-29-72)42-24-43-90(108)73-30-10-5-11-31-73)112-97-58-52-82(80-48-46-70-26-16-18-38-78(70)62-80)64-93(97)105-87-40-22-20-36-76(87)50-60-99(105)112/h4-69H,1-3H3. The van der Waals surface area contributed by atoms with Gasteiger partial charge in [0, 0.05) is 77.9 Å². The maximum atomic E-state index is 2.71. The second kappa shape index (κ2) is 26.0. The SMILES string of the molecule is CC(C)(C)c1cc2c3c(c1)N(c1c(-c4ccccc4)cccc1-c1ccccc1)c1cc(-n4c5ccc(-c6ccc7ccccc7c6)cc5c5c6ccccc6ccc54)ccc1B3c1ccc(-n3c4ccc(-c5ccc6ccccc6c5)cc4c4c5ccccc5ccc43)cc1N2c1c(-c2ccccc2)cccc1-c1ccccc1. The maximum Gasteiger partial charge on any atom is 0.252 e. The van der Waals surface area contributed by atoms with Crippen LogP contribution < -0.4 is 26.2 Å². The third kappa shape index (κ3) is 10.5. The van der Waals surface area contributed by atoms with Crippen molar-refractivity contribution in [2.24, 2.45) is 0 Å². The minimum absolute atomic E-state index is 0.272. The van der Waals surface area contributed by atoms with E-state index in [4.69, 9.17) is 0 Å². The van der Waals surface area contributed by atoms with Crippen LogP contribution in [0.1, 0.15) is 26.3 Å². The van der Waals surface area contributed by atoms with Crippen LogP contribution in [0.2, 0.25) is 0 Å². The van der Waals surface area contributed by atoms with Gasteiger partial charge in [-0.15, -0.1) is 0 Å². The molecule has 4 heterocycles. The van der Waals surface area contributed by atoms with Gasteiger partial charge in [0.15, 0.2) is 0 Å². The fraction of sp³-hybridized carbons (Fsp3) is 0.0364. The summed E-state index contributed by atoms with van der Waals surface area (Å²) in [6, 6.07) is 151. The summed E-state index contributed by atoms with van der Waals surface area (Å²) in [5, 5.41) is 14.7. The Morgan fingerprint density at radius 3 is 0.948 bits per heavy atom. The smallest absolute Gasteiger partial charge is 0.252 e. The van der Waals surface area contributed by atoms with Gasteiger partial charge in [0.2, 0.25) is 0 Å². The van der Waals surface area contributed by atoms with Crippen LogP contribution in [0.5, 0.6) is 0 Å². The van der Waals surface area contributed by atoms with Crippen LogP contribution in [0.3, 0.4) is 0 Å². The van der Waals surface area contributed by atoms with Gasteiger partial charge in [-0.1, -0.05) is 336 Å². The largest absolute Gasteiger partial charge is 0.310 e. The van der Waals surface area contributed by atoms with Gasteiger partial charge in [0.1, 0.15) is 0 Å². The second-order valence-corrected chi connectivity index (χ2v) is 32.3. The average molecular weight is 1460 g/mol. The first-order valence-corrected chi connectivity index (χ1v) is 40.1. The molecule has 0 atom stereocenters. The van der Waals surface area contributed by atoms with E-state index in [1.807, 2.05) is 0 Å². The van der Waals surface area contributed by atoms with Crippen molar-refractivity contribution < 1.29 is 0 Å². The topological polar surface area (TPSA) is 16.3 Å². The Labute approximate surface area is 668 Å². The molecular weight excluding hydrogens is 1390 g/mol. The lowest BCUT2D eigenvalue weighted by Crippen LogP contribution is -2.61. The number of fused-ring (bicyclic) bond motifs is 16. The van der Waals surface area contributed by atoms with E-state index in [1.54, 1.807) is 0 Å². The third-order valence-electron chi connectivity index (χ3n) is 24.8. The molecule has 0 unspecified atom stereocenters. The van der Waals surface area contributed by atoms with Crippen LogP contribution in [0.15, 0.2) is 400 Å². The van der Waals surface area contributed by atoms with Gasteiger partial charge in [-0.3, -0.25) is 0 Å². The molecule has 0 bridgehead atoms. The van der Waals surface area contributed by atoms with Crippen molar-refractivity contribution in [2.45, 2.75) is 26.2 Å². The lowest BCUT2D eigenvalue weighted by molar-refractivity contribution is 0.590. The van der Waals surface area contributed by atoms with Crippen LogP contribution in [-0.2, 0) is 5.41 Å². The summed E-state index contributed by atoms with van der Waals surface area (Å²) in [6.45, 7) is 6.91. The predicted octanol–water partition coefficient (Wildman–Crippen LogP) is 27.9. The highest BCUT2D eigenvalue weighted by atomic mass is 15.2. The van der Waals surface area contributed by atoms with Crippen molar-refractivity contribution in [2.75, 3.05) is 9.80 Å². The van der Waals surface area contributed by atoms with E-state index in [0.717, 1.165) is 112 Å². The third-order valence-corrected chi connectivity index (χ3v) is 24.8. The summed E-state index contributed by atoms with van der Waals surface area (Å²) in [5.41, 5.74) is 31.9. The highest BCUT2D eigenvalue weighted by Gasteiger charge is 2.46. The van der Waals surface area contributed by atoms with Crippen molar-refractivity contribution in [3.63, 3.8) is 0 Å². The number of anilines is 6. The summed E-state index contributed by atoms with van der Waals surface area (Å²) in [4.78, 5) is 5.42. The van der Waals surface area contributed by atoms with Crippen molar-refractivity contribution in [3.05, 3.63) is 406 Å². The Balaban J connectivity index is 0.844. The van der Waals surface area contributed by atoms with E-state index < -0.39 is 0 Å². The van der Waals surface area contributed by atoms with E-state index in [9.17, 15) is 0 Å². The van der Waals surface area contributed by atoms with Crippen molar-refractivity contribution in [3.8, 4) is 78.1 Å². The van der Waals surface area contributed by atoms with E-state index >= 15 is 0 Å². The summed E-state index contributed by atoms with van der Waals surface area (Å²) in [7, 11) is 0. The van der Waals surface area contributed by atoms with E-state index in [-0.39, 0.29) is 12.1 Å². The molecule has 0 N–H and O–H groups in total. The van der Waals surface area contributed by atoms with Crippen molar-refractivity contribution in [1.82, 2.24) is 9.13 Å². The van der Waals surface area contributed by atoms with Crippen molar-refractivity contribution in [1.29, 1.82) is 0 Å². The Bertz CT molecular complexity index is 7020. The monoisotopic (exact) mass is 1460 g/mol. The molecule has 0 radical (unpaired) electrons. The Morgan fingerprint density at radius 2 is 0.557 bits per heavy atom. The number of aromatic nitrogens is 2. The van der Waals surface area contributed by atoms with Crippen LogP contribution in [0, 0.1) is 0 Å². The van der Waals surface area contributed by atoms with E-state index in [2.05, 4.69) is 440 Å². The van der Waals surface area contributed by atoms with Gasteiger partial charge in [-0.05, 0) is 200 Å². The number of hydrogen-bond donors (Lipinski definition) is 0. The zero-order valence-corrected chi connectivity index (χ0v) is 64.0. The highest BCUT2D eigenvalue weighted by molar-refractivity contribution is 7.00. The van der Waals surface area contributed by atoms with E-state index in [1.165, 1.54) is 109 Å². The lowest BCUT2D eigenvalue weighted by Gasteiger charge is -2.46. The van der Waals surface area contributed by atoms with Crippen LogP contribution in [-0.4, -0.2) is 15.8 Å². The minimum Gasteiger partial charge on any atom is -0.310 e. The highest BCUT2D eigenvalue weighted by Crippen LogP contribution is 2.55. The van der Waals surface area contributed by atoms with Gasteiger partial charge in [0.25, 0.3) is 6.71 Å². The zero-order chi connectivity index (χ0) is 76.1. The molecule has 2 aromatic heterocycles. The van der Waals surface area contributed by atoms with Crippen LogP contribution in [0.4, 0.5) is 34.1 Å². The Morgan fingerprint density at radius 1 is 0.226 bits per heavy atom. The predicted molar refractivity (Wildman–Crippen MR) is 490 cm³/mol. The Kier molecular flexibility index (Phi) is 15.0. The van der Waals surface area contributed by atoms with Gasteiger partial charge < -0.3 is 18.9 Å². The first-order valence-electron chi connectivity index (χ1n) is 40.1. The fourth-order valence-corrected chi connectivity index (χ4v) is 19.4. The number of para-hydroxylation sites is 2. The second-order valence-electron chi connectivity index (χ2n) is 32.3. The summed E-state index contributed by atoms with van der Waals surface area (Å²) >= 11 is 0. The molecule has 19 aromatic carbocycles. The summed E-state index contributed by atoms with van der Waals surface area (Å²) in [6.07, 6.45) is 0. The molecule has 21 aromatic rings. The molecule has 4 nitrogen and oxygen atoms in total. The van der Waals surface area contributed by atoms with Gasteiger partial charge in [0.05, 0.1) is 33.4 Å². The minimum atomic E-state index is -0.347. The summed E-state index contributed by atoms with van der Waals surface area (Å²) < 4.78 is 5.11. The van der Waals surface area contributed by atoms with Gasteiger partial charge in [-0.25, -0.2) is 0 Å². The van der Waals surface area contributed by atoms with Crippen LogP contribution in [0.25, 0.3) is 165 Å². The van der Waals surface area contributed by atoms with E-state index in [0.29, 0.717) is 0 Å². The molecule has 0 spiro atoms. The fourth-order valence-electron chi connectivity index (χ4n) is 19.4. The number of benzene rings is 19. The first-order chi connectivity index (χ1) is 56.7. The Hall–Kier alpha value is -14.5. The van der Waals surface area contributed by atoms with Crippen molar-refractivity contribution >= 4 is 144 Å². The first kappa shape index (κ1) is 66.3. The summed E-state index contributed by atoms with van der Waals surface area (Å²) in [5.74, 6) is 0. The zero-order valence-electron chi connectivity index (χ0n) is 64.0. The molecule has 0 saturated heterocycles. The molecule has 0 amide bonds. The number of rotatable bonds is 10. The quantitative estimate of drug-likeness (QED) is 0.127. The molecule has 115 heavy (non-hydrogen) atoms. The molecule has 2 aliphatic rings. The number of hydrogen-bond acceptors (Lipinski definition) is 2. The molecule has 0 aliphatic carbocycles. The molecule has 5 heteroatoms.